The van der Waals surface area contributed by atoms with Crippen LogP contribution in [0.15, 0.2) is 46.0 Å². The van der Waals surface area contributed by atoms with Crippen LogP contribution in [0, 0.1) is 0 Å². The van der Waals surface area contributed by atoms with Crippen molar-refractivity contribution in [2.45, 2.75) is 23.6 Å². The Hall–Kier alpha value is -2.23. The topological polar surface area (TPSA) is 78.0 Å². The smallest absolute Gasteiger partial charge is 0.253 e. The number of thiophene rings is 1. The fourth-order valence-electron chi connectivity index (χ4n) is 3.75. The number of carbonyl (C=O) groups excluding carboxylic acids is 2. The van der Waals surface area contributed by atoms with E-state index in [-0.39, 0.29) is 24.9 Å². The highest BCUT2D eigenvalue weighted by Gasteiger charge is 2.31. The molecule has 2 aromatic rings. The third-order valence-corrected chi connectivity index (χ3v) is 8.61. The van der Waals surface area contributed by atoms with Crippen LogP contribution in [0.1, 0.15) is 28.8 Å². The van der Waals surface area contributed by atoms with Crippen LogP contribution in [-0.4, -0.2) is 67.1 Å². The first-order valence-corrected chi connectivity index (χ1v) is 12.0. The quantitative estimate of drug-likeness (QED) is 0.723. The lowest BCUT2D eigenvalue weighted by Crippen LogP contribution is -2.50. The summed E-state index contributed by atoms with van der Waals surface area (Å²) >= 11 is 1.20. The minimum atomic E-state index is -3.48. The standard InChI is InChI=1S/C20H23N3O4S2/c24-18-6-2-8-22(18)15-16-4-1-5-17(14-16)20(25)21-9-11-23(12-10-21)29(26,27)19-7-3-13-28-19/h1,3-5,7,13-14H,2,6,8-12,15H2. The Morgan fingerprint density at radius 2 is 1.83 bits per heavy atom. The van der Waals surface area contributed by atoms with Gasteiger partial charge in [0.2, 0.25) is 5.91 Å². The largest absolute Gasteiger partial charge is 0.338 e. The van der Waals surface area contributed by atoms with Crippen molar-refractivity contribution >= 4 is 33.2 Å². The first-order valence-electron chi connectivity index (χ1n) is 9.65. The molecular weight excluding hydrogens is 410 g/mol. The van der Waals surface area contributed by atoms with E-state index in [0.717, 1.165) is 18.5 Å². The van der Waals surface area contributed by atoms with Gasteiger partial charge < -0.3 is 9.80 Å². The number of hydrogen-bond donors (Lipinski definition) is 0. The summed E-state index contributed by atoms with van der Waals surface area (Å²) in [6, 6.07) is 10.7. The lowest BCUT2D eigenvalue weighted by Gasteiger charge is -2.33. The molecule has 2 aliphatic rings. The van der Waals surface area contributed by atoms with Crippen molar-refractivity contribution in [3.05, 3.63) is 52.9 Å². The van der Waals surface area contributed by atoms with Gasteiger partial charge in [-0.05, 0) is 35.6 Å². The second-order valence-electron chi connectivity index (χ2n) is 7.25. The van der Waals surface area contributed by atoms with Gasteiger partial charge in [0.05, 0.1) is 0 Å². The third kappa shape index (κ3) is 4.22. The average Bonchev–Trinajstić information content (AvgIpc) is 3.41. The molecule has 2 saturated heterocycles. The molecule has 7 nitrogen and oxygen atoms in total. The zero-order valence-corrected chi connectivity index (χ0v) is 17.6. The summed E-state index contributed by atoms with van der Waals surface area (Å²) in [7, 11) is -3.48. The van der Waals surface area contributed by atoms with Crippen LogP contribution in [0.2, 0.25) is 0 Å². The Bertz CT molecular complexity index is 996. The summed E-state index contributed by atoms with van der Waals surface area (Å²) in [6.07, 6.45) is 1.48. The summed E-state index contributed by atoms with van der Waals surface area (Å²) < 4.78 is 27.0. The van der Waals surface area contributed by atoms with Crippen LogP contribution in [0.4, 0.5) is 0 Å². The van der Waals surface area contributed by atoms with Crippen molar-refractivity contribution in [3.63, 3.8) is 0 Å². The molecule has 29 heavy (non-hydrogen) atoms. The van der Waals surface area contributed by atoms with Gasteiger partial charge in [0.15, 0.2) is 0 Å². The highest BCUT2D eigenvalue weighted by atomic mass is 32.2. The zero-order chi connectivity index (χ0) is 20.4. The number of benzene rings is 1. The SMILES string of the molecule is O=C1CCCN1Cc1cccc(C(=O)N2CCN(S(=O)(=O)c3cccs3)CC2)c1. The predicted octanol–water partition coefficient (Wildman–Crippen LogP) is 2.02. The molecular formula is C20H23N3O4S2. The van der Waals surface area contributed by atoms with Gasteiger partial charge in [-0.15, -0.1) is 11.3 Å². The number of likely N-dealkylation sites (tertiary alicyclic amines) is 1. The number of rotatable bonds is 5. The molecule has 0 N–H and O–H groups in total. The van der Waals surface area contributed by atoms with Crippen LogP contribution in [0.3, 0.4) is 0 Å². The lowest BCUT2D eigenvalue weighted by molar-refractivity contribution is -0.128. The van der Waals surface area contributed by atoms with Gasteiger partial charge in [0.25, 0.3) is 15.9 Å². The highest BCUT2D eigenvalue weighted by molar-refractivity contribution is 7.91. The maximum absolute atomic E-state index is 12.9. The Balaban J connectivity index is 1.40. The minimum Gasteiger partial charge on any atom is -0.338 e. The van der Waals surface area contributed by atoms with Crippen molar-refractivity contribution in [3.8, 4) is 0 Å². The molecule has 4 rings (SSSR count). The van der Waals surface area contributed by atoms with E-state index >= 15 is 0 Å². The van der Waals surface area contributed by atoms with E-state index in [0.29, 0.717) is 35.8 Å². The van der Waals surface area contributed by atoms with E-state index in [4.69, 9.17) is 0 Å². The Labute approximate surface area is 174 Å². The van der Waals surface area contributed by atoms with Crippen LogP contribution in [0.25, 0.3) is 0 Å². The number of amides is 2. The van der Waals surface area contributed by atoms with Crippen molar-refractivity contribution < 1.29 is 18.0 Å². The van der Waals surface area contributed by atoms with E-state index < -0.39 is 10.0 Å². The fourth-order valence-corrected chi connectivity index (χ4v) is 6.31. The van der Waals surface area contributed by atoms with E-state index in [2.05, 4.69) is 0 Å². The number of piperazine rings is 1. The van der Waals surface area contributed by atoms with Crippen LogP contribution >= 0.6 is 11.3 Å². The molecule has 0 unspecified atom stereocenters. The molecule has 0 atom stereocenters. The van der Waals surface area contributed by atoms with Crippen LogP contribution in [-0.2, 0) is 21.4 Å². The maximum atomic E-state index is 12.9. The Morgan fingerprint density at radius 1 is 1.03 bits per heavy atom. The summed E-state index contributed by atoms with van der Waals surface area (Å²) in [4.78, 5) is 28.3. The molecule has 0 aliphatic carbocycles. The van der Waals surface area contributed by atoms with Gasteiger partial charge in [-0.2, -0.15) is 4.31 Å². The molecule has 154 valence electrons. The molecule has 1 aromatic heterocycles. The number of nitrogens with zero attached hydrogens (tertiary/aromatic N) is 3. The Morgan fingerprint density at radius 3 is 2.48 bits per heavy atom. The molecule has 0 bridgehead atoms. The van der Waals surface area contributed by atoms with Crippen molar-refractivity contribution in [2.24, 2.45) is 0 Å². The molecule has 2 fully saturated rings. The predicted molar refractivity (Wildman–Crippen MR) is 110 cm³/mol. The van der Waals surface area contributed by atoms with E-state index in [1.165, 1.54) is 15.6 Å². The van der Waals surface area contributed by atoms with Crippen molar-refractivity contribution in [1.29, 1.82) is 0 Å². The van der Waals surface area contributed by atoms with Gasteiger partial charge in [0.1, 0.15) is 4.21 Å². The molecule has 1 aromatic carbocycles. The minimum absolute atomic E-state index is 0.104. The second kappa shape index (κ2) is 8.25. The number of hydrogen-bond acceptors (Lipinski definition) is 5. The molecule has 0 saturated carbocycles. The van der Waals surface area contributed by atoms with Crippen molar-refractivity contribution in [2.75, 3.05) is 32.7 Å². The monoisotopic (exact) mass is 433 g/mol. The molecule has 0 radical (unpaired) electrons. The number of sulfonamides is 1. The van der Waals surface area contributed by atoms with Crippen LogP contribution < -0.4 is 0 Å². The molecule has 3 heterocycles. The number of carbonyl (C=O) groups is 2. The fraction of sp³-hybridized carbons (Fsp3) is 0.400. The summed E-state index contributed by atoms with van der Waals surface area (Å²) in [6.45, 7) is 2.57. The van der Waals surface area contributed by atoms with Gasteiger partial charge >= 0.3 is 0 Å². The second-order valence-corrected chi connectivity index (χ2v) is 10.4. The van der Waals surface area contributed by atoms with Gasteiger partial charge in [-0.1, -0.05) is 18.2 Å². The summed E-state index contributed by atoms with van der Waals surface area (Å²) in [5.74, 6) is 0.0533. The zero-order valence-electron chi connectivity index (χ0n) is 16.0. The summed E-state index contributed by atoms with van der Waals surface area (Å²) in [5.41, 5.74) is 1.51. The van der Waals surface area contributed by atoms with Gasteiger partial charge in [0, 0.05) is 51.3 Å². The molecule has 2 amide bonds. The molecule has 0 spiro atoms. The van der Waals surface area contributed by atoms with E-state index in [1.807, 2.05) is 23.1 Å². The highest BCUT2D eigenvalue weighted by Crippen LogP contribution is 2.23. The maximum Gasteiger partial charge on any atom is 0.253 e. The average molecular weight is 434 g/mol. The van der Waals surface area contributed by atoms with E-state index in [1.54, 1.807) is 28.5 Å². The van der Waals surface area contributed by atoms with Crippen LogP contribution in [0.5, 0.6) is 0 Å². The van der Waals surface area contributed by atoms with Gasteiger partial charge in [-0.25, -0.2) is 8.42 Å². The first-order chi connectivity index (χ1) is 13.9. The Kier molecular flexibility index (Phi) is 5.71. The van der Waals surface area contributed by atoms with E-state index in [9.17, 15) is 18.0 Å². The first kappa shape index (κ1) is 20.1. The third-order valence-electron chi connectivity index (χ3n) is 5.33. The summed E-state index contributed by atoms with van der Waals surface area (Å²) in [5, 5.41) is 1.75. The van der Waals surface area contributed by atoms with Crippen molar-refractivity contribution in [1.82, 2.24) is 14.1 Å². The normalized spacial score (nSPS) is 18.4. The molecule has 9 heteroatoms. The van der Waals surface area contributed by atoms with Gasteiger partial charge in [-0.3, -0.25) is 9.59 Å². The lowest BCUT2D eigenvalue weighted by atomic mass is 10.1. The molecule has 2 aliphatic heterocycles.